The lowest BCUT2D eigenvalue weighted by Crippen LogP contribution is -2.39. The molecule has 2 amide bonds. The van der Waals surface area contributed by atoms with E-state index in [1.54, 1.807) is 17.0 Å². The van der Waals surface area contributed by atoms with E-state index in [2.05, 4.69) is 0 Å². The lowest BCUT2D eigenvalue weighted by atomic mass is 9.91. The highest BCUT2D eigenvalue weighted by Crippen LogP contribution is 2.23. The predicted octanol–water partition coefficient (Wildman–Crippen LogP) is 2.61. The number of rotatable bonds is 6. The molecule has 1 aliphatic heterocycles. The van der Waals surface area contributed by atoms with Crippen LogP contribution in [0.25, 0.3) is 0 Å². The largest absolute Gasteiger partial charge is 0.619 e. The molecule has 2 aromatic rings. The average Bonchev–Trinajstić information content (AvgIpc) is 2.73. The van der Waals surface area contributed by atoms with Crippen LogP contribution < -0.4 is 4.73 Å². The van der Waals surface area contributed by atoms with E-state index < -0.39 is 0 Å². The van der Waals surface area contributed by atoms with E-state index >= 15 is 0 Å². The highest BCUT2D eigenvalue weighted by atomic mass is 16.5. The molecule has 6 heteroatoms. The molecular weight excluding hydrogens is 354 g/mol. The standard InChI is InChI=1S/C22H27N3O3/c1-23(17-19-5-3-2-4-6-19)21(26)8-7-18-9-13-24(14-10-18)22(27)20-11-15-25(28)16-12-20/h2-6,11-12,15-16,18H,7-10,13-14,17H2,1H3. The van der Waals surface area contributed by atoms with Gasteiger partial charge in [0, 0.05) is 45.2 Å². The summed E-state index contributed by atoms with van der Waals surface area (Å²) >= 11 is 0. The van der Waals surface area contributed by atoms with E-state index in [1.807, 2.05) is 42.3 Å². The van der Waals surface area contributed by atoms with Gasteiger partial charge in [0.25, 0.3) is 5.91 Å². The van der Waals surface area contributed by atoms with Crippen molar-refractivity contribution in [2.24, 2.45) is 5.92 Å². The molecule has 1 saturated heterocycles. The second-order valence-corrected chi connectivity index (χ2v) is 7.46. The van der Waals surface area contributed by atoms with Gasteiger partial charge in [-0.25, -0.2) is 0 Å². The normalized spacial score (nSPS) is 14.7. The van der Waals surface area contributed by atoms with Crippen molar-refractivity contribution in [2.45, 2.75) is 32.2 Å². The van der Waals surface area contributed by atoms with Gasteiger partial charge in [0.2, 0.25) is 5.91 Å². The first kappa shape index (κ1) is 19.9. The molecule has 1 aromatic carbocycles. The summed E-state index contributed by atoms with van der Waals surface area (Å²) in [6.07, 6.45) is 5.92. The molecule has 0 unspecified atom stereocenters. The zero-order valence-corrected chi connectivity index (χ0v) is 16.3. The van der Waals surface area contributed by atoms with Crippen molar-refractivity contribution in [3.63, 3.8) is 0 Å². The van der Waals surface area contributed by atoms with Gasteiger partial charge in [-0.05, 0) is 30.7 Å². The molecule has 28 heavy (non-hydrogen) atoms. The summed E-state index contributed by atoms with van der Waals surface area (Å²) in [5, 5.41) is 11.1. The topological polar surface area (TPSA) is 67.6 Å². The Balaban J connectivity index is 1.41. The Morgan fingerprint density at radius 2 is 1.75 bits per heavy atom. The minimum absolute atomic E-state index is 0.0299. The van der Waals surface area contributed by atoms with Crippen molar-refractivity contribution >= 4 is 11.8 Å². The minimum Gasteiger partial charge on any atom is -0.619 e. The van der Waals surface area contributed by atoms with E-state index in [1.165, 1.54) is 12.4 Å². The number of benzene rings is 1. The number of likely N-dealkylation sites (tertiary alicyclic amines) is 1. The van der Waals surface area contributed by atoms with Gasteiger partial charge in [0.05, 0.1) is 5.56 Å². The Bertz CT molecular complexity index is 784. The Hall–Kier alpha value is -2.89. The number of hydrogen-bond acceptors (Lipinski definition) is 3. The number of carbonyl (C=O) groups excluding carboxylic acids is 2. The second kappa shape index (κ2) is 9.35. The number of carbonyl (C=O) groups is 2. The summed E-state index contributed by atoms with van der Waals surface area (Å²) in [6, 6.07) is 13.1. The lowest BCUT2D eigenvalue weighted by Gasteiger charge is -2.32. The SMILES string of the molecule is CN(Cc1ccccc1)C(=O)CCC1CCN(C(=O)c2cc[n+]([O-])cc2)CC1. The maximum absolute atomic E-state index is 12.5. The van der Waals surface area contributed by atoms with Crippen LogP contribution in [-0.2, 0) is 11.3 Å². The molecule has 1 fully saturated rings. The van der Waals surface area contributed by atoms with E-state index in [-0.39, 0.29) is 11.8 Å². The third-order valence-corrected chi connectivity index (χ3v) is 5.41. The maximum atomic E-state index is 12.5. The Kier molecular flexibility index (Phi) is 6.63. The molecule has 148 valence electrons. The van der Waals surface area contributed by atoms with E-state index in [4.69, 9.17) is 0 Å². The molecule has 1 aliphatic rings. The Labute approximate surface area is 166 Å². The Morgan fingerprint density at radius 3 is 2.39 bits per heavy atom. The van der Waals surface area contributed by atoms with Crippen LogP contribution in [0.3, 0.4) is 0 Å². The van der Waals surface area contributed by atoms with Gasteiger partial charge in [0.1, 0.15) is 0 Å². The summed E-state index contributed by atoms with van der Waals surface area (Å²) in [5.41, 5.74) is 1.68. The molecule has 0 saturated carbocycles. The average molecular weight is 381 g/mol. The zero-order chi connectivity index (χ0) is 19.9. The van der Waals surface area contributed by atoms with Crippen LogP contribution in [0.1, 0.15) is 41.6 Å². The molecule has 0 aliphatic carbocycles. The van der Waals surface area contributed by atoms with Crippen LogP contribution >= 0.6 is 0 Å². The van der Waals surface area contributed by atoms with E-state index in [9.17, 15) is 14.8 Å². The number of piperidine rings is 1. The van der Waals surface area contributed by atoms with Gasteiger partial charge < -0.3 is 15.0 Å². The van der Waals surface area contributed by atoms with Crippen LogP contribution in [0, 0.1) is 11.1 Å². The Morgan fingerprint density at radius 1 is 1.11 bits per heavy atom. The van der Waals surface area contributed by atoms with Crippen molar-refractivity contribution in [2.75, 3.05) is 20.1 Å². The highest BCUT2D eigenvalue weighted by molar-refractivity contribution is 5.94. The molecule has 0 bridgehead atoms. The molecular formula is C22H27N3O3. The number of hydrogen-bond donors (Lipinski definition) is 0. The third kappa shape index (κ3) is 5.31. The molecule has 1 aromatic heterocycles. The van der Waals surface area contributed by atoms with Crippen molar-refractivity contribution < 1.29 is 14.3 Å². The fourth-order valence-electron chi connectivity index (χ4n) is 3.63. The van der Waals surface area contributed by atoms with Gasteiger partial charge in [0.15, 0.2) is 12.4 Å². The summed E-state index contributed by atoms with van der Waals surface area (Å²) in [5.74, 6) is 0.605. The highest BCUT2D eigenvalue weighted by Gasteiger charge is 2.24. The summed E-state index contributed by atoms with van der Waals surface area (Å²) < 4.78 is 0.675. The first-order valence-corrected chi connectivity index (χ1v) is 9.79. The van der Waals surface area contributed by atoms with Crippen LogP contribution in [-0.4, -0.2) is 41.8 Å². The smallest absolute Gasteiger partial charge is 0.254 e. The second-order valence-electron chi connectivity index (χ2n) is 7.46. The van der Waals surface area contributed by atoms with E-state index in [0.29, 0.717) is 42.3 Å². The summed E-state index contributed by atoms with van der Waals surface area (Å²) in [7, 11) is 1.85. The quantitative estimate of drug-likeness (QED) is 0.571. The van der Waals surface area contributed by atoms with Crippen molar-refractivity contribution in [1.82, 2.24) is 9.80 Å². The summed E-state index contributed by atoms with van der Waals surface area (Å²) in [6.45, 7) is 2.03. The maximum Gasteiger partial charge on any atom is 0.254 e. The molecule has 0 radical (unpaired) electrons. The van der Waals surface area contributed by atoms with Crippen molar-refractivity contribution in [3.8, 4) is 0 Å². The van der Waals surface area contributed by atoms with Gasteiger partial charge in [-0.3, -0.25) is 9.59 Å². The van der Waals surface area contributed by atoms with E-state index in [0.717, 1.165) is 24.8 Å². The zero-order valence-electron chi connectivity index (χ0n) is 16.3. The van der Waals surface area contributed by atoms with Crippen LogP contribution in [0.4, 0.5) is 0 Å². The minimum atomic E-state index is -0.0299. The van der Waals surface area contributed by atoms with Gasteiger partial charge >= 0.3 is 0 Å². The van der Waals surface area contributed by atoms with Crippen LogP contribution in [0.2, 0.25) is 0 Å². The number of nitrogens with zero attached hydrogens (tertiary/aromatic N) is 3. The van der Waals surface area contributed by atoms with Crippen LogP contribution in [0.5, 0.6) is 0 Å². The monoisotopic (exact) mass is 381 g/mol. The molecule has 2 heterocycles. The third-order valence-electron chi connectivity index (χ3n) is 5.41. The fraction of sp³-hybridized carbons (Fsp3) is 0.409. The van der Waals surface area contributed by atoms with Gasteiger partial charge in [-0.15, -0.1) is 0 Å². The lowest BCUT2D eigenvalue weighted by molar-refractivity contribution is -0.605. The molecule has 3 rings (SSSR count). The summed E-state index contributed by atoms with van der Waals surface area (Å²) in [4.78, 5) is 28.5. The van der Waals surface area contributed by atoms with Crippen molar-refractivity contribution in [3.05, 3.63) is 71.2 Å². The van der Waals surface area contributed by atoms with Crippen molar-refractivity contribution in [1.29, 1.82) is 0 Å². The van der Waals surface area contributed by atoms with Gasteiger partial charge in [-0.2, -0.15) is 4.73 Å². The number of aromatic nitrogens is 1. The first-order valence-electron chi connectivity index (χ1n) is 9.79. The predicted molar refractivity (Wildman–Crippen MR) is 106 cm³/mol. The van der Waals surface area contributed by atoms with Gasteiger partial charge in [-0.1, -0.05) is 30.3 Å². The fourth-order valence-corrected chi connectivity index (χ4v) is 3.63. The number of pyridine rings is 1. The first-order chi connectivity index (χ1) is 13.5. The number of amides is 2. The molecule has 0 spiro atoms. The molecule has 0 N–H and O–H groups in total. The molecule has 0 atom stereocenters. The molecule has 6 nitrogen and oxygen atoms in total. The van der Waals surface area contributed by atoms with Crippen LogP contribution in [0.15, 0.2) is 54.9 Å².